The van der Waals surface area contributed by atoms with Gasteiger partial charge in [-0.05, 0) is 12.1 Å². The molecule has 0 aliphatic heterocycles. The number of aliphatic hydroxyl groups excluding tert-OH is 2. The number of nitrogens with one attached hydrogen (secondary N) is 1. The van der Waals surface area contributed by atoms with E-state index in [9.17, 15) is 8.42 Å². The molecule has 7 nitrogen and oxygen atoms in total. The molecule has 1 aromatic rings. The summed E-state index contributed by atoms with van der Waals surface area (Å²) < 4.78 is 30.7. The van der Waals surface area contributed by atoms with Crippen molar-refractivity contribution in [2.24, 2.45) is 0 Å². The van der Waals surface area contributed by atoms with E-state index in [-0.39, 0.29) is 17.2 Å². The number of aliphatic hydroxyl groups is 2. The Labute approximate surface area is 105 Å². The number of benzene rings is 1. The van der Waals surface area contributed by atoms with E-state index in [1.807, 2.05) is 0 Å². The third-order valence-corrected chi connectivity index (χ3v) is 3.66. The Balaban J connectivity index is 2.91. The molecule has 1 atom stereocenters. The maximum absolute atomic E-state index is 11.8. The predicted octanol–water partition coefficient (Wildman–Crippen LogP) is -1.09. The zero-order valence-electron chi connectivity index (χ0n) is 9.83. The summed E-state index contributed by atoms with van der Waals surface area (Å²) in [6.07, 6.45) is -1.14. The highest BCUT2D eigenvalue weighted by atomic mass is 32.2. The summed E-state index contributed by atoms with van der Waals surface area (Å²) in [6.45, 7) is -0.793. The zero-order valence-corrected chi connectivity index (χ0v) is 10.6. The molecule has 0 aliphatic carbocycles. The highest BCUT2D eigenvalue weighted by Gasteiger charge is 2.17. The van der Waals surface area contributed by atoms with Gasteiger partial charge in [0.25, 0.3) is 0 Å². The molecule has 0 heterocycles. The summed E-state index contributed by atoms with van der Waals surface area (Å²) in [5.41, 5.74) is 5.90. The zero-order chi connectivity index (χ0) is 13.8. The minimum Gasteiger partial charge on any atom is -0.495 e. The van der Waals surface area contributed by atoms with Crippen LogP contribution in [0.1, 0.15) is 0 Å². The molecule has 0 saturated heterocycles. The first-order valence-corrected chi connectivity index (χ1v) is 6.61. The van der Waals surface area contributed by atoms with Gasteiger partial charge < -0.3 is 20.7 Å². The van der Waals surface area contributed by atoms with Crippen molar-refractivity contribution in [2.45, 2.75) is 11.0 Å². The monoisotopic (exact) mass is 276 g/mol. The molecule has 0 bridgehead atoms. The van der Waals surface area contributed by atoms with Crippen molar-refractivity contribution in [3.05, 3.63) is 18.2 Å². The molecule has 1 aromatic carbocycles. The van der Waals surface area contributed by atoms with Gasteiger partial charge in [-0.3, -0.25) is 0 Å². The molecular weight excluding hydrogens is 260 g/mol. The van der Waals surface area contributed by atoms with Gasteiger partial charge in [-0.2, -0.15) is 0 Å². The number of anilines is 1. The number of hydrogen-bond acceptors (Lipinski definition) is 6. The lowest BCUT2D eigenvalue weighted by atomic mass is 10.3. The number of hydrogen-bond donors (Lipinski definition) is 4. The molecule has 0 aromatic heterocycles. The van der Waals surface area contributed by atoms with Crippen LogP contribution in [0, 0.1) is 0 Å². The molecule has 8 heteroatoms. The number of nitrogens with two attached hydrogens (primary N) is 1. The fourth-order valence-corrected chi connectivity index (χ4v) is 2.30. The van der Waals surface area contributed by atoms with Crippen LogP contribution >= 0.6 is 0 Å². The number of rotatable bonds is 6. The number of methoxy groups -OCH3 is 1. The Morgan fingerprint density at radius 2 is 2.17 bits per heavy atom. The van der Waals surface area contributed by atoms with Gasteiger partial charge in [-0.25, -0.2) is 13.1 Å². The Bertz CT molecular complexity index is 503. The van der Waals surface area contributed by atoms with E-state index in [4.69, 9.17) is 20.7 Å². The lowest BCUT2D eigenvalue weighted by molar-refractivity contribution is 0.0988. The summed E-state index contributed by atoms with van der Waals surface area (Å²) in [5.74, 6) is 0.251. The van der Waals surface area contributed by atoms with Crippen LogP contribution < -0.4 is 15.2 Å². The van der Waals surface area contributed by atoms with Gasteiger partial charge in [0, 0.05) is 12.6 Å². The van der Waals surface area contributed by atoms with Gasteiger partial charge in [0.1, 0.15) is 5.75 Å². The summed E-state index contributed by atoms with van der Waals surface area (Å²) in [6, 6.07) is 4.02. The second-order valence-corrected chi connectivity index (χ2v) is 5.36. The van der Waals surface area contributed by atoms with Crippen molar-refractivity contribution in [1.29, 1.82) is 0 Å². The van der Waals surface area contributed by atoms with Gasteiger partial charge >= 0.3 is 0 Å². The smallest absolute Gasteiger partial charge is 0.240 e. The van der Waals surface area contributed by atoms with Gasteiger partial charge in [0.05, 0.1) is 30.4 Å². The molecule has 5 N–H and O–H groups in total. The van der Waals surface area contributed by atoms with Crippen LogP contribution in [0.15, 0.2) is 23.1 Å². The predicted molar refractivity (Wildman–Crippen MR) is 65.7 cm³/mol. The van der Waals surface area contributed by atoms with E-state index in [0.717, 1.165) is 0 Å². The van der Waals surface area contributed by atoms with E-state index in [2.05, 4.69) is 4.72 Å². The highest BCUT2D eigenvalue weighted by Crippen LogP contribution is 2.24. The third-order valence-electron chi connectivity index (χ3n) is 2.23. The third kappa shape index (κ3) is 3.57. The molecule has 1 unspecified atom stereocenters. The van der Waals surface area contributed by atoms with Crippen LogP contribution in [-0.2, 0) is 10.0 Å². The van der Waals surface area contributed by atoms with E-state index < -0.39 is 22.7 Å². The Morgan fingerprint density at radius 1 is 1.50 bits per heavy atom. The molecule has 102 valence electrons. The minimum absolute atomic E-state index is 0.0290. The molecule has 0 fully saturated rings. The first kappa shape index (κ1) is 14.7. The first-order chi connectivity index (χ1) is 8.40. The van der Waals surface area contributed by atoms with Crippen LogP contribution in [-0.4, -0.2) is 45.0 Å². The molecule has 0 spiro atoms. The fraction of sp³-hybridized carbons (Fsp3) is 0.400. The van der Waals surface area contributed by atoms with Crippen molar-refractivity contribution in [1.82, 2.24) is 4.72 Å². The maximum Gasteiger partial charge on any atom is 0.240 e. The second-order valence-electron chi connectivity index (χ2n) is 3.59. The lowest BCUT2D eigenvalue weighted by Crippen LogP contribution is -2.33. The summed E-state index contributed by atoms with van der Waals surface area (Å²) in [5, 5.41) is 17.7. The normalized spacial score (nSPS) is 13.3. The van der Waals surface area contributed by atoms with Crippen molar-refractivity contribution in [3.63, 3.8) is 0 Å². The first-order valence-electron chi connectivity index (χ1n) is 5.13. The topological polar surface area (TPSA) is 122 Å². The van der Waals surface area contributed by atoms with Crippen LogP contribution in [0.3, 0.4) is 0 Å². The molecule has 0 saturated carbocycles. The molecule has 0 aliphatic rings. The van der Waals surface area contributed by atoms with Crippen LogP contribution in [0.5, 0.6) is 5.75 Å². The highest BCUT2D eigenvalue weighted by molar-refractivity contribution is 7.89. The van der Waals surface area contributed by atoms with Crippen molar-refractivity contribution in [2.75, 3.05) is 26.0 Å². The van der Waals surface area contributed by atoms with Crippen molar-refractivity contribution in [3.8, 4) is 5.75 Å². The lowest BCUT2D eigenvalue weighted by Gasteiger charge is -2.11. The minimum atomic E-state index is -3.77. The van der Waals surface area contributed by atoms with Gasteiger partial charge in [-0.15, -0.1) is 0 Å². The summed E-state index contributed by atoms with van der Waals surface area (Å²) >= 11 is 0. The number of ether oxygens (including phenoxy) is 1. The quantitative estimate of drug-likeness (QED) is 0.490. The molecular formula is C10H16N2O5S. The van der Waals surface area contributed by atoms with E-state index >= 15 is 0 Å². The molecule has 0 amide bonds. The van der Waals surface area contributed by atoms with Crippen molar-refractivity contribution >= 4 is 15.7 Å². The largest absolute Gasteiger partial charge is 0.495 e. The average Bonchev–Trinajstić information content (AvgIpc) is 2.36. The summed E-state index contributed by atoms with van der Waals surface area (Å²) in [7, 11) is -2.39. The van der Waals surface area contributed by atoms with Gasteiger partial charge in [0.2, 0.25) is 10.0 Å². The Morgan fingerprint density at radius 3 is 2.72 bits per heavy atom. The standard InChI is InChI=1S/C10H16N2O5S/c1-17-10-4-8(2-3-9(10)11)18(15,16)12-5-7(14)6-13/h2-4,7,12-14H,5-6,11H2,1H3. The SMILES string of the molecule is COc1cc(S(=O)(=O)NCC(O)CO)ccc1N. The van der Waals surface area contributed by atoms with E-state index in [1.54, 1.807) is 0 Å². The average molecular weight is 276 g/mol. The van der Waals surface area contributed by atoms with Crippen LogP contribution in [0.4, 0.5) is 5.69 Å². The number of sulfonamides is 1. The second kappa shape index (κ2) is 6.01. The Hall–Kier alpha value is -1.35. The van der Waals surface area contributed by atoms with E-state index in [0.29, 0.717) is 5.69 Å². The molecule has 1 rings (SSSR count). The van der Waals surface area contributed by atoms with E-state index in [1.165, 1.54) is 25.3 Å². The van der Waals surface area contributed by atoms with Crippen LogP contribution in [0.25, 0.3) is 0 Å². The molecule has 0 radical (unpaired) electrons. The van der Waals surface area contributed by atoms with Crippen molar-refractivity contribution < 1.29 is 23.4 Å². The maximum atomic E-state index is 11.8. The Kier molecular flexibility index (Phi) is 4.91. The molecule has 18 heavy (non-hydrogen) atoms. The van der Waals surface area contributed by atoms with Gasteiger partial charge in [0.15, 0.2) is 0 Å². The number of nitrogen functional groups attached to an aromatic ring is 1. The fourth-order valence-electron chi connectivity index (χ4n) is 1.21. The van der Waals surface area contributed by atoms with Crippen LogP contribution in [0.2, 0.25) is 0 Å². The van der Waals surface area contributed by atoms with Gasteiger partial charge in [-0.1, -0.05) is 0 Å². The summed E-state index contributed by atoms with van der Waals surface area (Å²) in [4.78, 5) is -0.0290.